The summed E-state index contributed by atoms with van der Waals surface area (Å²) in [6.45, 7) is 6.15. The van der Waals surface area contributed by atoms with Crippen molar-refractivity contribution in [3.63, 3.8) is 0 Å². The SMILES string of the molecule is CCN(CC)S(=O)(=O)c1cc2c(cc1Cl)N(C(=O)c1cc(OC)c(OC)c(OC)c1)C(C)C2. The number of carbonyl (C=O) groups excluding carboxylic acids is 1. The van der Waals surface area contributed by atoms with E-state index in [2.05, 4.69) is 0 Å². The highest BCUT2D eigenvalue weighted by Crippen LogP contribution is 2.42. The van der Waals surface area contributed by atoms with Gasteiger partial charge in [0.05, 0.1) is 26.4 Å². The molecule has 180 valence electrons. The number of carbonyl (C=O) groups is 1. The summed E-state index contributed by atoms with van der Waals surface area (Å²) in [6, 6.07) is 6.13. The van der Waals surface area contributed by atoms with Crippen molar-refractivity contribution in [3.8, 4) is 17.2 Å². The van der Waals surface area contributed by atoms with Crippen LogP contribution in [0, 0.1) is 0 Å². The second-order valence-electron chi connectivity index (χ2n) is 7.64. The van der Waals surface area contributed by atoms with E-state index in [4.69, 9.17) is 25.8 Å². The van der Waals surface area contributed by atoms with Gasteiger partial charge in [0.1, 0.15) is 4.90 Å². The number of sulfonamides is 1. The summed E-state index contributed by atoms with van der Waals surface area (Å²) in [7, 11) is 0.723. The number of nitrogens with zero attached hydrogens (tertiary/aromatic N) is 2. The van der Waals surface area contributed by atoms with Crippen LogP contribution >= 0.6 is 11.6 Å². The van der Waals surface area contributed by atoms with Crippen molar-refractivity contribution in [3.05, 3.63) is 40.4 Å². The monoisotopic (exact) mass is 496 g/mol. The molecule has 2 aromatic rings. The van der Waals surface area contributed by atoms with Gasteiger partial charge in [0.25, 0.3) is 5.91 Å². The molecule has 3 rings (SSSR count). The minimum Gasteiger partial charge on any atom is -0.493 e. The molecule has 10 heteroatoms. The molecule has 8 nitrogen and oxygen atoms in total. The number of methoxy groups -OCH3 is 3. The van der Waals surface area contributed by atoms with Crippen LogP contribution in [0.2, 0.25) is 5.02 Å². The van der Waals surface area contributed by atoms with Crippen LogP contribution in [-0.4, -0.2) is 59.1 Å². The van der Waals surface area contributed by atoms with Gasteiger partial charge < -0.3 is 19.1 Å². The fraction of sp³-hybridized carbons (Fsp3) is 0.435. The lowest BCUT2D eigenvalue weighted by Crippen LogP contribution is -2.35. The minimum atomic E-state index is -3.74. The first kappa shape index (κ1) is 25.1. The van der Waals surface area contributed by atoms with Crippen LogP contribution in [0.4, 0.5) is 5.69 Å². The lowest BCUT2D eigenvalue weighted by atomic mass is 10.1. The second-order valence-corrected chi connectivity index (χ2v) is 9.96. The van der Waals surface area contributed by atoms with Crippen LogP contribution in [0.5, 0.6) is 17.2 Å². The van der Waals surface area contributed by atoms with Gasteiger partial charge in [-0.1, -0.05) is 25.4 Å². The molecule has 1 aliphatic rings. The summed E-state index contributed by atoms with van der Waals surface area (Å²) >= 11 is 6.45. The summed E-state index contributed by atoms with van der Waals surface area (Å²) in [5.74, 6) is 0.841. The van der Waals surface area contributed by atoms with Gasteiger partial charge in [0.2, 0.25) is 15.8 Å². The molecule has 0 N–H and O–H groups in total. The number of benzene rings is 2. The molecule has 0 bridgehead atoms. The van der Waals surface area contributed by atoms with Crippen LogP contribution in [-0.2, 0) is 16.4 Å². The van der Waals surface area contributed by atoms with Crippen molar-refractivity contribution >= 4 is 33.2 Å². The minimum absolute atomic E-state index is 0.0564. The third-order valence-electron chi connectivity index (χ3n) is 5.80. The van der Waals surface area contributed by atoms with E-state index in [-0.39, 0.29) is 21.9 Å². The maximum atomic E-state index is 13.6. The van der Waals surface area contributed by atoms with Crippen LogP contribution in [0.15, 0.2) is 29.2 Å². The fourth-order valence-corrected chi connectivity index (χ4v) is 6.18. The van der Waals surface area contributed by atoms with Gasteiger partial charge in [-0.2, -0.15) is 4.31 Å². The van der Waals surface area contributed by atoms with Gasteiger partial charge in [0.15, 0.2) is 11.5 Å². The number of fused-ring (bicyclic) bond motifs is 1. The number of hydrogen-bond acceptors (Lipinski definition) is 6. The summed E-state index contributed by atoms with van der Waals surface area (Å²) in [5, 5.41) is 0.0810. The second kappa shape index (κ2) is 9.79. The maximum absolute atomic E-state index is 13.6. The average Bonchev–Trinajstić information content (AvgIpc) is 3.11. The highest BCUT2D eigenvalue weighted by molar-refractivity contribution is 7.89. The molecule has 2 aromatic carbocycles. The Labute approximate surface area is 200 Å². The Bertz CT molecular complexity index is 1140. The maximum Gasteiger partial charge on any atom is 0.258 e. The van der Waals surface area contributed by atoms with Gasteiger partial charge in [0, 0.05) is 30.4 Å². The number of ether oxygens (including phenoxy) is 3. The molecular weight excluding hydrogens is 468 g/mol. The lowest BCUT2D eigenvalue weighted by Gasteiger charge is -2.24. The summed E-state index contributed by atoms with van der Waals surface area (Å²) < 4.78 is 43.6. The zero-order valence-electron chi connectivity index (χ0n) is 19.6. The van der Waals surface area contributed by atoms with Gasteiger partial charge >= 0.3 is 0 Å². The lowest BCUT2D eigenvalue weighted by molar-refractivity contribution is 0.0980. The topological polar surface area (TPSA) is 85.4 Å². The van der Waals surface area contributed by atoms with Gasteiger partial charge in [-0.05, 0) is 43.2 Å². The highest BCUT2D eigenvalue weighted by Gasteiger charge is 2.35. The molecular formula is C23H29ClN2O6S. The Morgan fingerprint density at radius 2 is 1.64 bits per heavy atom. The molecule has 1 unspecified atom stereocenters. The van der Waals surface area contributed by atoms with Crippen LogP contribution in [0.25, 0.3) is 0 Å². The summed E-state index contributed by atoms with van der Waals surface area (Å²) in [4.78, 5) is 15.2. The van der Waals surface area contributed by atoms with E-state index < -0.39 is 10.0 Å². The molecule has 33 heavy (non-hydrogen) atoms. The van der Waals surface area contributed by atoms with Crippen molar-refractivity contribution in [2.75, 3.05) is 39.3 Å². The first-order chi connectivity index (χ1) is 15.6. The smallest absolute Gasteiger partial charge is 0.258 e. The zero-order valence-corrected chi connectivity index (χ0v) is 21.2. The molecule has 0 aromatic heterocycles. The molecule has 0 spiro atoms. The predicted molar refractivity (Wildman–Crippen MR) is 128 cm³/mol. The number of rotatable bonds is 8. The van der Waals surface area contributed by atoms with Crippen molar-refractivity contribution in [2.24, 2.45) is 0 Å². The van der Waals surface area contributed by atoms with E-state index in [0.717, 1.165) is 5.56 Å². The van der Waals surface area contributed by atoms with E-state index >= 15 is 0 Å². The summed E-state index contributed by atoms with van der Waals surface area (Å²) in [6.07, 6.45) is 0.503. The Morgan fingerprint density at radius 3 is 2.12 bits per heavy atom. The Morgan fingerprint density at radius 1 is 1.06 bits per heavy atom. The van der Waals surface area contributed by atoms with E-state index in [1.54, 1.807) is 43.0 Å². The average molecular weight is 497 g/mol. The number of hydrogen-bond donors (Lipinski definition) is 0. The van der Waals surface area contributed by atoms with Gasteiger partial charge in [-0.3, -0.25) is 4.79 Å². The van der Waals surface area contributed by atoms with Gasteiger partial charge in [-0.25, -0.2) is 8.42 Å². The highest BCUT2D eigenvalue weighted by atomic mass is 35.5. The largest absolute Gasteiger partial charge is 0.493 e. The summed E-state index contributed by atoms with van der Waals surface area (Å²) in [5.41, 5.74) is 1.68. The van der Waals surface area contributed by atoms with Gasteiger partial charge in [-0.15, -0.1) is 0 Å². The molecule has 0 aliphatic carbocycles. The molecule has 0 saturated heterocycles. The predicted octanol–water partition coefficient (Wildman–Crippen LogP) is 3.99. The van der Waals surface area contributed by atoms with E-state index in [1.165, 1.54) is 25.6 Å². The van der Waals surface area contributed by atoms with E-state index in [1.807, 2.05) is 6.92 Å². The molecule has 1 aliphatic heterocycles. The molecule has 0 fully saturated rings. The fourth-order valence-electron chi connectivity index (χ4n) is 4.17. The standard InChI is InChI=1S/C23H29ClN2O6S/c1-7-25(8-2)33(28,29)21-12-15-9-14(3)26(18(15)13-17(21)24)23(27)16-10-19(30-4)22(32-6)20(11-16)31-5/h10-14H,7-9H2,1-6H3. The normalized spacial score (nSPS) is 15.5. The Balaban J connectivity index is 2.08. The third kappa shape index (κ3) is 4.37. The molecule has 0 radical (unpaired) electrons. The van der Waals surface area contributed by atoms with Crippen LogP contribution in [0.1, 0.15) is 36.7 Å². The first-order valence-electron chi connectivity index (χ1n) is 10.6. The Hall–Kier alpha value is -2.49. The number of amides is 1. The quantitative estimate of drug-likeness (QED) is 0.549. The molecule has 1 heterocycles. The molecule has 1 atom stereocenters. The van der Waals surface area contributed by atoms with Crippen molar-refractivity contribution in [2.45, 2.75) is 38.1 Å². The third-order valence-corrected chi connectivity index (χ3v) is 8.32. The Kier molecular flexibility index (Phi) is 7.45. The molecule has 0 saturated carbocycles. The first-order valence-corrected chi connectivity index (χ1v) is 12.4. The van der Waals surface area contributed by atoms with E-state index in [9.17, 15) is 13.2 Å². The van der Waals surface area contributed by atoms with Crippen LogP contribution < -0.4 is 19.1 Å². The number of anilines is 1. The zero-order chi connectivity index (χ0) is 24.5. The van der Waals surface area contributed by atoms with Crippen molar-refractivity contribution < 1.29 is 27.4 Å². The van der Waals surface area contributed by atoms with Crippen molar-refractivity contribution in [1.29, 1.82) is 0 Å². The van der Waals surface area contributed by atoms with Crippen molar-refractivity contribution in [1.82, 2.24) is 4.31 Å². The van der Waals surface area contributed by atoms with E-state index in [0.29, 0.717) is 48.0 Å². The number of halogens is 1. The van der Waals surface area contributed by atoms with Crippen LogP contribution in [0.3, 0.4) is 0 Å². The molecule has 1 amide bonds.